The van der Waals surface area contributed by atoms with Crippen LogP contribution in [0.15, 0.2) is 23.7 Å². The summed E-state index contributed by atoms with van der Waals surface area (Å²) >= 11 is 1.26. The van der Waals surface area contributed by atoms with Gasteiger partial charge in [-0.15, -0.1) is 10.2 Å². The smallest absolute Gasteiger partial charge is 0.231 e. The molecular weight excluding hydrogens is 300 g/mol. The molecule has 1 aromatic heterocycles. The molecule has 1 aliphatic rings. The summed E-state index contributed by atoms with van der Waals surface area (Å²) in [6.45, 7) is 4.44. The van der Waals surface area contributed by atoms with Gasteiger partial charge >= 0.3 is 0 Å². The van der Waals surface area contributed by atoms with Crippen molar-refractivity contribution in [1.82, 2.24) is 10.2 Å². The normalized spacial score (nSPS) is 17.8. The molecule has 0 bridgehead atoms. The second-order valence-corrected chi connectivity index (χ2v) is 6.24. The number of rotatable bonds is 3. The number of nitrogens with zero attached hydrogens (tertiary/aromatic N) is 3. The summed E-state index contributed by atoms with van der Waals surface area (Å²) in [5, 5.41) is 10.6. The van der Waals surface area contributed by atoms with Crippen molar-refractivity contribution in [2.75, 3.05) is 16.8 Å². The van der Waals surface area contributed by atoms with E-state index in [2.05, 4.69) is 15.5 Å². The monoisotopic (exact) mass is 316 g/mol. The number of aromatic nitrogens is 2. The molecule has 1 fully saturated rings. The van der Waals surface area contributed by atoms with Gasteiger partial charge in [-0.2, -0.15) is 0 Å². The Balaban J connectivity index is 1.72. The molecule has 114 valence electrons. The highest BCUT2D eigenvalue weighted by Crippen LogP contribution is 2.27. The molecule has 7 heteroatoms. The summed E-state index contributed by atoms with van der Waals surface area (Å²) < 4.78 is 0. The number of aryl methyl sites for hydroxylation is 2. The average Bonchev–Trinajstić information content (AvgIpc) is 3.11. The molecule has 0 aliphatic carbocycles. The van der Waals surface area contributed by atoms with Gasteiger partial charge in [0.15, 0.2) is 0 Å². The summed E-state index contributed by atoms with van der Waals surface area (Å²) in [6.07, 6.45) is 0.220. The van der Waals surface area contributed by atoms with E-state index in [0.29, 0.717) is 11.7 Å². The number of amides is 2. The Morgan fingerprint density at radius 2 is 2.18 bits per heavy atom. The highest BCUT2D eigenvalue weighted by Gasteiger charge is 2.35. The van der Waals surface area contributed by atoms with E-state index in [1.54, 1.807) is 10.4 Å². The molecule has 1 saturated heterocycles. The molecule has 0 saturated carbocycles. The SMILES string of the molecule is Cc1ccc(N2C[C@@H](C(=O)Nc3nncs3)CC2=O)cc1C. The van der Waals surface area contributed by atoms with Crippen molar-refractivity contribution in [3.05, 3.63) is 34.8 Å². The van der Waals surface area contributed by atoms with Crippen LogP contribution in [-0.4, -0.2) is 28.6 Å². The first-order chi connectivity index (χ1) is 10.5. The Labute approximate surface area is 132 Å². The first-order valence-electron chi connectivity index (χ1n) is 6.99. The zero-order valence-corrected chi connectivity index (χ0v) is 13.2. The van der Waals surface area contributed by atoms with Gasteiger partial charge in [0, 0.05) is 18.7 Å². The standard InChI is InChI=1S/C15H16N4O2S/c1-9-3-4-12(5-10(9)2)19-7-11(6-13(19)20)14(21)17-15-18-16-8-22-15/h3-5,8,11H,6-7H2,1-2H3,(H,17,18,21)/t11-/m0/s1. The maximum Gasteiger partial charge on any atom is 0.231 e. The van der Waals surface area contributed by atoms with Gasteiger partial charge in [-0.3, -0.25) is 9.59 Å². The third-order valence-corrected chi connectivity index (χ3v) is 4.49. The fraction of sp³-hybridized carbons (Fsp3) is 0.333. The van der Waals surface area contributed by atoms with Gasteiger partial charge in [-0.05, 0) is 37.1 Å². The van der Waals surface area contributed by atoms with Crippen molar-refractivity contribution in [2.24, 2.45) is 5.92 Å². The fourth-order valence-corrected chi connectivity index (χ4v) is 2.91. The van der Waals surface area contributed by atoms with Crippen molar-refractivity contribution in [3.63, 3.8) is 0 Å². The highest BCUT2D eigenvalue weighted by atomic mass is 32.1. The minimum atomic E-state index is -0.363. The minimum Gasteiger partial charge on any atom is -0.312 e. The average molecular weight is 316 g/mol. The summed E-state index contributed by atoms with van der Waals surface area (Å²) in [6, 6.07) is 5.90. The third kappa shape index (κ3) is 2.85. The van der Waals surface area contributed by atoms with Crippen LogP contribution >= 0.6 is 11.3 Å². The molecule has 2 amide bonds. The predicted octanol–water partition coefficient (Wildman–Crippen LogP) is 2.15. The van der Waals surface area contributed by atoms with Crippen LogP contribution in [0.4, 0.5) is 10.8 Å². The van der Waals surface area contributed by atoms with Crippen LogP contribution in [0.3, 0.4) is 0 Å². The summed E-state index contributed by atoms with van der Waals surface area (Å²) in [7, 11) is 0. The molecule has 1 atom stereocenters. The second kappa shape index (κ2) is 5.84. The van der Waals surface area contributed by atoms with Crippen LogP contribution in [0.1, 0.15) is 17.5 Å². The maximum absolute atomic E-state index is 12.2. The number of hydrogen-bond acceptors (Lipinski definition) is 5. The molecule has 0 spiro atoms. The Bertz CT molecular complexity index is 714. The molecule has 0 unspecified atom stereocenters. The van der Waals surface area contributed by atoms with E-state index in [0.717, 1.165) is 11.3 Å². The topological polar surface area (TPSA) is 75.2 Å². The van der Waals surface area contributed by atoms with Crippen LogP contribution in [0.2, 0.25) is 0 Å². The van der Waals surface area contributed by atoms with Crippen molar-refractivity contribution >= 4 is 34.0 Å². The number of carbonyl (C=O) groups excluding carboxylic acids is 2. The van der Waals surface area contributed by atoms with E-state index in [9.17, 15) is 9.59 Å². The Morgan fingerprint density at radius 1 is 1.36 bits per heavy atom. The molecule has 1 N–H and O–H groups in total. The molecular formula is C15H16N4O2S. The van der Waals surface area contributed by atoms with Gasteiger partial charge in [0.25, 0.3) is 0 Å². The molecule has 2 heterocycles. The number of hydrogen-bond donors (Lipinski definition) is 1. The van der Waals surface area contributed by atoms with Crippen LogP contribution in [0.25, 0.3) is 0 Å². The van der Waals surface area contributed by atoms with Crippen molar-refractivity contribution in [3.8, 4) is 0 Å². The largest absolute Gasteiger partial charge is 0.312 e. The zero-order valence-electron chi connectivity index (χ0n) is 12.4. The quantitative estimate of drug-likeness (QED) is 0.941. The van der Waals surface area contributed by atoms with Crippen LogP contribution in [0, 0.1) is 19.8 Å². The molecule has 3 rings (SSSR count). The zero-order chi connectivity index (χ0) is 15.7. The lowest BCUT2D eigenvalue weighted by Gasteiger charge is -2.17. The summed E-state index contributed by atoms with van der Waals surface area (Å²) in [4.78, 5) is 26.1. The fourth-order valence-electron chi connectivity index (χ4n) is 2.46. The molecule has 22 heavy (non-hydrogen) atoms. The number of carbonyl (C=O) groups is 2. The second-order valence-electron chi connectivity index (χ2n) is 5.41. The van der Waals surface area contributed by atoms with Crippen molar-refractivity contribution in [2.45, 2.75) is 20.3 Å². The summed E-state index contributed by atoms with van der Waals surface area (Å²) in [5.41, 5.74) is 4.71. The van der Waals surface area contributed by atoms with E-state index in [4.69, 9.17) is 0 Å². The highest BCUT2D eigenvalue weighted by molar-refractivity contribution is 7.13. The van der Waals surface area contributed by atoms with Gasteiger partial charge in [-0.25, -0.2) is 0 Å². The Hall–Kier alpha value is -2.28. The van der Waals surface area contributed by atoms with Crippen LogP contribution in [-0.2, 0) is 9.59 Å². The number of nitrogens with one attached hydrogen (secondary N) is 1. The predicted molar refractivity (Wildman–Crippen MR) is 84.9 cm³/mol. The lowest BCUT2D eigenvalue weighted by atomic mass is 10.1. The maximum atomic E-state index is 12.2. The lowest BCUT2D eigenvalue weighted by Crippen LogP contribution is -2.28. The van der Waals surface area contributed by atoms with Crippen LogP contribution < -0.4 is 10.2 Å². The number of anilines is 2. The Kier molecular flexibility index (Phi) is 3.89. The van der Waals surface area contributed by atoms with Crippen molar-refractivity contribution in [1.29, 1.82) is 0 Å². The van der Waals surface area contributed by atoms with E-state index in [1.807, 2.05) is 32.0 Å². The number of benzene rings is 1. The van der Waals surface area contributed by atoms with E-state index in [1.165, 1.54) is 16.9 Å². The van der Waals surface area contributed by atoms with E-state index >= 15 is 0 Å². The van der Waals surface area contributed by atoms with Gasteiger partial charge in [0.05, 0.1) is 5.92 Å². The van der Waals surface area contributed by atoms with Gasteiger partial charge in [-0.1, -0.05) is 17.4 Å². The first-order valence-corrected chi connectivity index (χ1v) is 7.87. The third-order valence-electron chi connectivity index (χ3n) is 3.89. The molecule has 1 aliphatic heterocycles. The van der Waals surface area contributed by atoms with Gasteiger partial charge < -0.3 is 10.2 Å². The van der Waals surface area contributed by atoms with Crippen molar-refractivity contribution < 1.29 is 9.59 Å². The summed E-state index contributed by atoms with van der Waals surface area (Å²) in [5.74, 6) is -0.574. The lowest BCUT2D eigenvalue weighted by molar-refractivity contribution is -0.122. The molecule has 1 aromatic carbocycles. The Morgan fingerprint density at radius 3 is 2.86 bits per heavy atom. The van der Waals surface area contributed by atoms with E-state index < -0.39 is 0 Å². The van der Waals surface area contributed by atoms with E-state index in [-0.39, 0.29) is 24.2 Å². The molecule has 2 aromatic rings. The van der Waals surface area contributed by atoms with Crippen LogP contribution in [0.5, 0.6) is 0 Å². The van der Waals surface area contributed by atoms with Gasteiger partial charge in [0.2, 0.25) is 16.9 Å². The minimum absolute atomic E-state index is 0.0272. The molecule has 6 nitrogen and oxygen atoms in total. The van der Waals surface area contributed by atoms with Gasteiger partial charge in [0.1, 0.15) is 5.51 Å². The molecule has 0 radical (unpaired) electrons. The first kappa shape index (κ1) is 14.6.